The fourth-order valence-electron chi connectivity index (χ4n) is 3.96. The van der Waals surface area contributed by atoms with E-state index in [4.69, 9.17) is 0 Å². The fraction of sp³-hybridized carbons (Fsp3) is 0.0938. The molecule has 0 saturated heterocycles. The predicted molar refractivity (Wildman–Crippen MR) is 148 cm³/mol. The number of aliphatic imine (C=N–C) groups is 1. The first-order valence-electron chi connectivity index (χ1n) is 12.0. The normalized spacial score (nSPS) is 17.3. The van der Waals surface area contributed by atoms with Gasteiger partial charge in [0.1, 0.15) is 0 Å². The minimum atomic E-state index is -4.37. The predicted octanol–water partition coefficient (Wildman–Crippen LogP) is 7.40. The fourth-order valence-corrected chi connectivity index (χ4v) is 6.51. The van der Waals surface area contributed by atoms with Crippen molar-refractivity contribution in [1.29, 1.82) is 0 Å². The average Bonchev–Trinajstić information content (AvgIpc) is 3.65. The molecule has 2 aliphatic rings. The van der Waals surface area contributed by atoms with E-state index in [9.17, 15) is 13.2 Å². The van der Waals surface area contributed by atoms with Gasteiger partial charge in [0.15, 0.2) is 0 Å². The van der Waals surface area contributed by atoms with Gasteiger partial charge in [0, 0.05) is 17.8 Å². The van der Waals surface area contributed by atoms with Crippen molar-refractivity contribution in [3.05, 3.63) is 159 Å². The molecule has 2 aliphatic carbocycles. The molecule has 0 spiro atoms. The standard InChI is InChI=1S/C27H22F3NP.C5H5.Fe/c1-20(31-19-21-10-8-11-22(18-21)27(28,29)30)25-16-9-17-26(25)32(23-12-4-2-5-13-23)24-14-6-3-7-15-24;1-2-4-5-3-1;/h2-20H,1H3;1-5H;/q;;+2/t20-;;/m0../s1. The third kappa shape index (κ3) is 8.54. The van der Waals surface area contributed by atoms with Crippen LogP contribution in [0.4, 0.5) is 13.2 Å². The van der Waals surface area contributed by atoms with Gasteiger partial charge in [0.2, 0.25) is 0 Å². The number of benzene rings is 3. The van der Waals surface area contributed by atoms with Gasteiger partial charge in [-0.2, -0.15) is 13.2 Å². The van der Waals surface area contributed by atoms with E-state index in [0.717, 1.165) is 18.1 Å². The number of hydrogen-bond donors (Lipinski definition) is 0. The first-order valence-corrected chi connectivity index (χ1v) is 13.3. The molecule has 3 aromatic rings. The average molecular weight is 569 g/mol. The summed E-state index contributed by atoms with van der Waals surface area (Å²) in [6.07, 6.45) is 13.4. The zero-order valence-corrected chi connectivity index (χ0v) is 22.7. The molecule has 38 heavy (non-hydrogen) atoms. The Balaban J connectivity index is 0.000000598. The number of alkyl halides is 3. The van der Waals surface area contributed by atoms with E-state index in [-0.39, 0.29) is 23.1 Å². The Labute approximate surface area is 237 Å². The van der Waals surface area contributed by atoms with E-state index in [1.54, 1.807) is 6.07 Å². The van der Waals surface area contributed by atoms with Crippen LogP contribution in [0.15, 0.2) is 89.9 Å². The first-order chi connectivity index (χ1) is 17.9. The smallest absolute Gasteiger partial charge is 0.289 e. The molecule has 0 aromatic heterocycles. The maximum atomic E-state index is 13.0. The summed E-state index contributed by atoms with van der Waals surface area (Å²) in [6, 6.07) is 25.8. The second-order valence-electron chi connectivity index (χ2n) is 8.41. The molecule has 192 valence electrons. The van der Waals surface area contributed by atoms with Crippen LogP contribution in [0.25, 0.3) is 0 Å². The third-order valence-electron chi connectivity index (χ3n) is 5.76. The van der Waals surface area contributed by atoms with Crippen molar-refractivity contribution in [3.8, 4) is 0 Å². The van der Waals surface area contributed by atoms with Crippen LogP contribution in [0, 0.1) is 62.9 Å². The maximum absolute atomic E-state index is 13.0. The minimum Gasteiger partial charge on any atom is -0.289 e. The van der Waals surface area contributed by atoms with Gasteiger partial charge in [0.25, 0.3) is 0 Å². The van der Waals surface area contributed by atoms with E-state index < -0.39 is 19.7 Å². The second kappa shape index (κ2) is 15.0. The van der Waals surface area contributed by atoms with Gasteiger partial charge in [-0.05, 0) is 94.5 Å². The van der Waals surface area contributed by atoms with Gasteiger partial charge >= 0.3 is 23.2 Å². The molecule has 10 radical (unpaired) electrons. The van der Waals surface area contributed by atoms with Crippen molar-refractivity contribution in [3.63, 3.8) is 0 Å². The summed E-state index contributed by atoms with van der Waals surface area (Å²) in [5.41, 5.74) is 0.985. The Hall–Kier alpha value is -1.93. The first kappa shape index (κ1) is 30.6. The number of hydrogen-bond acceptors (Lipinski definition) is 1. The molecule has 2 fully saturated rings. The largest absolute Gasteiger partial charge is 2.00 e. The van der Waals surface area contributed by atoms with Crippen molar-refractivity contribution < 1.29 is 30.2 Å². The summed E-state index contributed by atoms with van der Waals surface area (Å²) in [6.45, 7) is 1.98. The molecule has 0 bridgehead atoms. The summed E-state index contributed by atoms with van der Waals surface area (Å²) >= 11 is 0. The summed E-state index contributed by atoms with van der Waals surface area (Å²) in [5, 5.41) is 2.49. The SMILES string of the molecule is C[C@H](N=Cc1cccc(C(F)(F)F)c1)[C]1[CH][CH][CH][C]1P(c1ccccc1)c1ccccc1.[CH]1[CH][CH][CH][CH]1.[Fe+2]. The topological polar surface area (TPSA) is 12.4 Å². The molecule has 0 amide bonds. The van der Waals surface area contributed by atoms with E-state index in [1.807, 2.05) is 81.8 Å². The van der Waals surface area contributed by atoms with Gasteiger partial charge in [0.05, 0.1) is 11.6 Å². The van der Waals surface area contributed by atoms with Crippen LogP contribution in [-0.4, -0.2) is 12.3 Å². The van der Waals surface area contributed by atoms with Crippen LogP contribution >= 0.6 is 7.92 Å². The minimum absolute atomic E-state index is 0. The number of nitrogens with zero attached hydrogens (tertiary/aromatic N) is 1. The molecule has 2 saturated carbocycles. The van der Waals surface area contributed by atoms with Crippen LogP contribution in [0.3, 0.4) is 0 Å². The van der Waals surface area contributed by atoms with Crippen LogP contribution in [-0.2, 0) is 23.2 Å². The quantitative estimate of drug-likeness (QED) is 0.167. The van der Waals surface area contributed by atoms with Crippen molar-refractivity contribution in [2.45, 2.75) is 19.1 Å². The van der Waals surface area contributed by atoms with E-state index in [0.29, 0.717) is 5.56 Å². The van der Waals surface area contributed by atoms with Crippen molar-refractivity contribution in [2.75, 3.05) is 0 Å². The van der Waals surface area contributed by atoms with Crippen LogP contribution < -0.4 is 10.6 Å². The van der Waals surface area contributed by atoms with Gasteiger partial charge < -0.3 is 0 Å². The Morgan fingerprint density at radius 3 is 1.79 bits per heavy atom. The molecule has 1 atom stereocenters. The van der Waals surface area contributed by atoms with E-state index in [1.165, 1.54) is 28.5 Å². The van der Waals surface area contributed by atoms with E-state index >= 15 is 0 Å². The molecule has 5 rings (SSSR count). The summed E-state index contributed by atoms with van der Waals surface area (Å²) in [7, 11) is -0.770. The zero-order chi connectivity index (χ0) is 26.1. The Kier molecular flexibility index (Phi) is 12.1. The van der Waals surface area contributed by atoms with Gasteiger partial charge in [-0.15, -0.1) is 0 Å². The van der Waals surface area contributed by atoms with Crippen molar-refractivity contribution in [2.24, 2.45) is 4.99 Å². The maximum Gasteiger partial charge on any atom is 2.00 e. The Bertz CT molecular complexity index is 1070. The molecule has 1 nitrogen and oxygen atoms in total. The molecule has 0 N–H and O–H groups in total. The molecular weight excluding hydrogens is 542 g/mol. The third-order valence-corrected chi connectivity index (χ3v) is 8.28. The summed E-state index contributed by atoms with van der Waals surface area (Å²) in [4.78, 5) is 4.61. The number of halogens is 3. The van der Waals surface area contributed by atoms with Crippen molar-refractivity contribution in [1.82, 2.24) is 0 Å². The molecule has 6 heteroatoms. The molecular formula is C32H27F3FeNP+2. The summed E-state index contributed by atoms with van der Waals surface area (Å²) in [5.74, 6) is 1.09. The van der Waals surface area contributed by atoms with Crippen LogP contribution in [0.5, 0.6) is 0 Å². The van der Waals surface area contributed by atoms with Crippen LogP contribution in [0.1, 0.15) is 18.1 Å². The van der Waals surface area contributed by atoms with Crippen molar-refractivity contribution >= 4 is 24.7 Å². The zero-order valence-electron chi connectivity index (χ0n) is 20.7. The molecule has 3 aromatic carbocycles. The Morgan fingerprint density at radius 1 is 0.711 bits per heavy atom. The monoisotopic (exact) mass is 569 g/mol. The van der Waals surface area contributed by atoms with Crippen LogP contribution in [0.2, 0.25) is 0 Å². The number of rotatable bonds is 6. The van der Waals surface area contributed by atoms with Gasteiger partial charge in [-0.1, -0.05) is 72.8 Å². The molecule has 0 unspecified atom stereocenters. The molecule has 0 aliphatic heterocycles. The summed E-state index contributed by atoms with van der Waals surface area (Å²) < 4.78 is 39.0. The second-order valence-corrected chi connectivity index (χ2v) is 10.6. The van der Waals surface area contributed by atoms with Gasteiger partial charge in [-0.3, -0.25) is 4.99 Å². The van der Waals surface area contributed by atoms with Gasteiger partial charge in [-0.25, -0.2) is 0 Å². The molecule has 0 heterocycles. The van der Waals surface area contributed by atoms with E-state index in [2.05, 4.69) is 42.1 Å². The Morgan fingerprint density at radius 2 is 1.26 bits per heavy atom.